The summed E-state index contributed by atoms with van der Waals surface area (Å²) in [5.41, 5.74) is 0. The van der Waals surface area contributed by atoms with Gasteiger partial charge in [-0.1, -0.05) is 175 Å². The molecule has 0 rings (SSSR count). The van der Waals surface area contributed by atoms with Gasteiger partial charge in [-0.2, -0.15) is 0 Å². The fourth-order valence-corrected chi connectivity index (χ4v) is 4.80. The predicted molar refractivity (Wildman–Crippen MR) is 165 cm³/mol. The molecule has 0 aliphatic rings. The van der Waals surface area contributed by atoms with Crippen LogP contribution in [-0.2, 0) is 14.3 Å². The highest BCUT2D eigenvalue weighted by Crippen LogP contribution is 2.15. The molecule has 228 valence electrons. The molecule has 0 aromatic heterocycles. The Hall–Kier alpha value is -1.06. The van der Waals surface area contributed by atoms with Gasteiger partial charge in [0, 0.05) is 6.42 Å². The van der Waals surface area contributed by atoms with Crippen molar-refractivity contribution in [3.05, 3.63) is 0 Å². The van der Waals surface area contributed by atoms with Crippen molar-refractivity contribution in [1.82, 2.24) is 0 Å². The van der Waals surface area contributed by atoms with Crippen LogP contribution in [0, 0.1) is 5.92 Å². The average molecular weight is 541 g/mol. The second kappa shape index (κ2) is 34.0. The highest BCUT2D eigenvalue weighted by atomic mass is 16.5. The molecule has 4 nitrogen and oxygen atoms in total. The molecule has 0 amide bonds. The minimum atomic E-state index is -0.650. The molecule has 1 unspecified atom stereocenters. The summed E-state index contributed by atoms with van der Waals surface area (Å²) in [5, 5.41) is 8.76. The Bertz CT molecular complexity index is 475. The molecule has 0 aromatic rings. The van der Waals surface area contributed by atoms with Gasteiger partial charge in [0.05, 0.1) is 13.0 Å². The molecule has 4 heteroatoms. The van der Waals surface area contributed by atoms with Gasteiger partial charge in [0.2, 0.25) is 0 Å². The van der Waals surface area contributed by atoms with Crippen molar-refractivity contribution in [3.63, 3.8) is 0 Å². The first kappa shape index (κ1) is 39.1. The Morgan fingerprint density at radius 1 is 0.526 bits per heavy atom. The predicted octanol–water partition coefficient (Wildman–Crippen LogP) is 11.4. The maximum absolute atomic E-state index is 10.9. The Kier molecular flexibility index (Phi) is 34.9. The van der Waals surface area contributed by atoms with Crippen molar-refractivity contribution in [2.45, 2.75) is 194 Å². The summed E-state index contributed by atoms with van der Waals surface area (Å²) >= 11 is 0. The highest BCUT2D eigenvalue weighted by molar-refractivity contribution is 5.69. The number of aliphatic carboxylic acids is 1. The zero-order chi connectivity index (χ0) is 28.5. The largest absolute Gasteiger partial charge is 0.481 e. The number of rotatable bonds is 28. The fourth-order valence-electron chi connectivity index (χ4n) is 4.80. The van der Waals surface area contributed by atoms with Gasteiger partial charge in [-0.25, -0.2) is 0 Å². The lowest BCUT2D eigenvalue weighted by molar-refractivity contribution is -0.142. The summed E-state index contributed by atoms with van der Waals surface area (Å²) in [4.78, 5) is 21.5. The van der Waals surface area contributed by atoms with E-state index in [4.69, 9.17) is 5.11 Å². The first-order chi connectivity index (χ1) is 18.5. The SMILES string of the molecule is CCCCCCCCCCCCCCC(C)C(=O)O.CCCCCCCCCCCCCCCC(=O)OC. The van der Waals surface area contributed by atoms with E-state index in [1.807, 2.05) is 0 Å². The number of carboxylic acids is 1. The Labute approximate surface area is 238 Å². The lowest BCUT2D eigenvalue weighted by Gasteiger charge is -2.05. The number of esters is 1. The van der Waals surface area contributed by atoms with Gasteiger partial charge >= 0.3 is 11.9 Å². The molecule has 1 N–H and O–H groups in total. The van der Waals surface area contributed by atoms with Crippen LogP contribution in [0.1, 0.15) is 194 Å². The van der Waals surface area contributed by atoms with Crippen molar-refractivity contribution in [2.75, 3.05) is 7.11 Å². The van der Waals surface area contributed by atoms with Gasteiger partial charge in [0.1, 0.15) is 0 Å². The van der Waals surface area contributed by atoms with Crippen molar-refractivity contribution in [2.24, 2.45) is 5.92 Å². The number of carbonyl (C=O) groups excluding carboxylic acids is 1. The van der Waals surface area contributed by atoms with E-state index in [9.17, 15) is 9.59 Å². The molecule has 0 radical (unpaired) electrons. The van der Waals surface area contributed by atoms with Crippen molar-refractivity contribution < 1.29 is 19.4 Å². The molecule has 0 saturated carbocycles. The molecule has 0 spiro atoms. The van der Waals surface area contributed by atoms with Crippen LogP contribution in [0.15, 0.2) is 0 Å². The number of hydrogen-bond donors (Lipinski definition) is 1. The maximum atomic E-state index is 10.9. The highest BCUT2D eigenvalue weighted by Gasteiger charge is 2.09. The lowest BCUT2D eigenvalue weighted by atomic mass is 10.0. The van der Waals surface area contributed by atoms with Gasteiger partial charge in [-0.05, 0) is 12.8 Å². The third-order valence-corrected chi connectivity index (χ3v) is 7.62. The molecule has 0 fully saturated rings. The van der Waals surface area contributed by atoms with E-state index in [0.29, 0.717) is 6.42 Å². The van der Waals surface area contributed by atoms with Crippen LogP contribution in [0.3, 0.4) is 0 Å². The van der Waals surface area contributed by atoms with Crippen LogP contribution in [0.5, 0.6) is 0 Å². The van der Waals surface area contributed by atoms with Crippen molar-refractivity contribution >= 4 is 11.9 Å². The quantitative estimate of drug-likeness (QED) is 0.0791. The van der Waals surface area contributed by atoms with Crippen molar-refractivity contribution in [3.8, 4) is 0 Å². The van der Waals surface area contributed by atoms with E-state index in [0.717, 1.165) is 19.3 Å². The number of ether oxygens (including phenoxy) is 1. The molecular formula is C34H68O4. The van der Waals surface area contributed by atoms with Gasteiger partial charge < -0.3 is 9.84 Å². The fraction of sp³-hybridized carbons (Fsp3) is 0.941. The molecule has 0 aromatic carbocycles. The number of carbonyl (C=O) groups is 2. The van der Waals surface area contributed by atoms with E-state index >= 15 is 0 Å². The van der Waals surface area contributed by atoms with Gasteiger partial charge in [0.25, 0.3) is 0 Å². The molecule has 0 bridgehead atoms. The zero-order valence-electron chi connectivity index (χ0n) is 26.3. The number of carboxylic acid groups (broad SMARTS) is 1. The molecule has 38 heavy (non-hydrogen) atoms. The van der Waals surface area contributed by atoms with Crippen molar-refractivity contribution in [1.29, 1.82) is 0 Å². The Balaban J connectivity index is 0. The first-order valence-electron chi connectivity index (χ1n) is 16.8. The zero-order valence-corrected chi connectivity index (χ0v) is 26.3. The van der Waals surface area contributed by atoms with E-state index in [-0.39, 0.29) is 11.9 Å². The second-order valence-corrected chi connectivity index (χ2v) is 11.5. The average Bonchev–Trinajstić information content (AvgIpc) is 2.91. The first-order valence-corrected chi connectivity index (χ1v) is 16.8. The van der Waals surface area contributed by atoms with Gasteiger partial charge in [0.15, 0.2) is 0 Å². The third kappa shape index (κ3) is 34.9. The van der Waals surface area contributed by atoms with Crippen LogP contribution in [-0.4, -0.2) is 24.2 Å². The van der Waals surface area contributed by atoms with E-state index < -0.39 is 5.97 Å². The maximum Gasteiger partial charge on any atom is 0.306 e. The summed E-state index contributed by atoms with van der Waals surface area (Å²) in [6.45, 7) is 6.34. The third-order valence-electron chi connectivity index (χ3n) is 7.62. The topological polar surface area (TPSA) is 63.6 Å². The van der Waals surface area contributed by atoms with Crippen LogP contribution >= 0.6 is 0 Å². The molecule has 0 aliphatic heterocycles. The summed E-state index contributed by atoms with van der Waals surface area (Å²) < 4.78 is 4.62. The summed E-state index contributed by atoms with van der Waals surface area (Å²) in [6, 6.07) is 0. The minimum absolute atomic E-state index is 0.0666. The second-order valence-electron chi connectivity index (χ2n) is 11.5. The number of unbranched alkanes of at least 4 members (excludes halogenated alkanes) is 23. The molecule has 1 atom stereocenters. The van der Waals surface area contributed by atoms with Gasteiger partial charge in [-0.3, -0.25) is 9.59 Å². The summed E-state index contributed by atoms with van der Waals surface area (Å²) in [7, 11) is 1.46. The monoisotopic (exact) mass is 541 g/mol. The van der Waals surface area contributed by atoms with Gasteiger partial charge in [-0.15, -0.1) is 0 Å². The van der Waals surface area contributed by atoms with Crippen LogP contribution in [0.4, 0.5) is 0 Å². The van der Waals surface area contributed by atoms with Crippen LogP contribution in [0.2, 0.25) is 0 Å². The van der Waals surface area contributed by atoms with E-state index in [1.54, 1.807) is 6.92 Å². The number of methoxy groups -OCH3 is 1. The molecule has 0 heterocycles. The Morgan fingerprint density at radius 2 is 0.816 bits per heavy atom. The molecule has 0 saturated heterocycles. The molecular weight excluding hydrogens is 472 g/mol. The standard InChI is InChI=1S/2C17H34O2/c1-3-4-5-6-7-8-9-10-11-12-13-14-15-16-17(18)19-2;1-3-4-5-6-7-8-9-10-11-12-13-14-15-16(2)17(18)19/h3-16H2,1-2H3;16H,3-15H2,1-2H3,(H,18,19). The molecule has 0 aliphatic carbocycles. The minimum Gasteiger partial charge on any atom is -0.481 e. The normalized spacial score (nSPS) is 11.6. The van der Waals surface area contributed by atoms with Crippen LogP contribution < -0.4 is 0 Å². The summed E-state index contributed by atoms with van der Waals surface area (Å²) in [6.07, 6.45) is 34.8. The van der Waals surface area contributed by atoms with E-state index in [1.165, 1.54) is 155 Å². The Morgan fingerprint density at radius 3 is 1.11 bits per heavy atom. The lowest BCUT2D eigenvalue weighted by Crippen LogP contribution is -2.08. The number of hydrogen-bond acceptors (Lipinski definition) is 3. The summed E-state index contributed by atoms with van der Waals surface area (Å²) in [5.74, 6) is -0.880. The van der Waals surface area contributed by atoms with E-state index in [2.05, 4.69) is 18.6 Å². The van der Waals surface area contributed by atoms with Crippen LogP contribution in [0.25, 0.3) is 0 Å². The smallest absolute Gasteiger partial charge is 0.306 e.